The average Bonchev–Trinajstić information content (AvgIpc) is 2.71. The van der Waals surface area contributed by atoms with Gasteiger partial charge in [0.2, 0.25) is 16.0 Å². The van der Waals surface area contributed by atoms with Crippen LogP contribution in [-0.4, -0.2) is 54.1 Å². The van der Waals surface area contributed by atoms with E-state index in [1.54, 1.807) is 6.08 Å². The Morgan fingerprint density at radius 3 is 2.38 bits per heavy atom. The molecule has 2 rings (SSSR count). The Labute approximate surface area is 187 Å². The molecule has 0 fully saturated rings. The van der Waals surface area contributed by atoms with Crippen molar-refractivity contribution in [3.05, 3.63) is 47.4 Å². The van der Waals surface area contributed by atoms with Gasteiger partial charge in [0, 0.05) is 24.6 Å². The minimum atomic E-state index is -3.63. The minimum absolute atomic E-state index is 0.0251. The van der Waals surface area contributed by atoms with Crippen molar-refractivity contribution in [3.63, 3.8) is 0 Å². The average molecular weight is 463 g/mol. The van der Waals surface area contributed by atoms with Crippen LogP contribution in [0.15, 0.2) is 30.3 Å². The zero-order chi connectivity index (χ0) is 24.1. The Morgan fingerprint density at radius 2 is 1.84 bits per heavy atom. The third-order valence-electron chi connectivity index (χ3n) is 4.73. The summed E-state index contributed by atoms with van der Waals surface area (Å²) in [6.07, 6.45) is 1.97. The standard InChI is InChI=1S/C22H27FN4O4S/c1-14(2)20-19(10-9-17(28)13-18(29)11-12-24)21(15-5-7-16(23)8-6-15)26-22(25-20)27(3)32(4,30)31/h5-10,14,17-18,28-29H,11,13H2,1-4H3/t17?,18-/m0/s1. The van der Waals surface area contributed by atoms with Crippen LogP contribution >= 0.6 is 0 Å². The van der Waals surface area contributed by atoms with Gasteiger partial charge in [0.15, 0.2) is 0 Å². The Hall–Kier alpha value is -2.87. The number of anilines is 1. The van der Waals surface area contributed by atoms with E-state index in [2.05, 4.69) is 9.97 Å². The highest BCUT2D eigenvalue weighted by atomic mass is 32.2. The number of hydrogen-bond acceptors (Lipinski definition) is 7. The number of benzene rings is 1. The van der Waals surface area contributed by atoms with Crippen LogP contribution in [0.25, 0.3) is 17.3 Å². The molecule has 10 heteroatoms. The number of hydrogen-bond donors (Lipinski definition) is 2. The second kappa shape index (κ2) is 10.6. The predicted molar refractivity (Wildman–Crippen MR) is 121 cm³/mol. The van der Waals surface area contributed by atoms with Gasteiger partial charge in [-0.1, -0.05) is 26.0 Å². The van der Waals surface area contributed by atoms with Gasteiger partial charge in [0.1, 0.15) is 5.82 Å². The Balaban J connectivity index is 2.65. The Morgan fingerprint density at radius 1 is 1.22 bits per heavy atom. The van der Waals surface area contributed by atoms with Gasteiger partial charge in [-0.2, -0.15) is 5.26 Å². The predicted octanol–water partition coefficient (Wildman–Crippen LogP) is 2.84. The molecule has 1 aromatic carbocycles. The molecule has 1 heterocycles. The largest absolute Gasteiger partial charge is 0.392 e. The monoisotopic (exact) mass is 462 g/mol. The van der Waals surface area contributed by atoms with E-state index in [-0.39, 0.29) is 24.7 Å². The van der Waals surface area contributed by atoms with Crippen LogP contribution in [0.1, 0.15) is 43.9 Å². The Bertz CT molecular complexity index is 1110. The van der Waals surface area contributed by atoms with E-state index in [4.69, 9.17) is 5.26 Å². The minimum Gasteiger partial charge on any atom is -0.392 e. The van der Waals surface area contributed by atoms with Crippen LogP contribution in [-0.2, 0) is 10.0 Å². The van der Waals surface area contributed by atoms with Gasteiger partial charge in [-0.15, -0.1) is 0 Å². The van der Waals surface area contributed by atoms with E-state index in [0.717, 1.165) is 10.6 Å². The second-order valence-electron chi connectivity index (χ2n) is 7.74. The molecule has 0 saturated heterocycles. The molecule has 2 atom stereocenters. The van der Waals surface area contributed by atoms with Crippen LogP contribution < -0.4 is 4.31 Å². The summed E-state index contributed by atoms with van der Waals surface area (Å²) in [5, 5.41) is 28.7. The van der Waals surface area contributed by atoms with Crippen LogP contribution in [0.3, 0.4) is 0 Å². The van der Waals surface area contributed by atoms with Gasteiger partial charge < -0.3 is 10.2 Å². The van der Waals surface area contributed by atoms with Gasteiger partial charge >= 0.3 is 0 Å². The number of halogens is 1. The van der Waals surface area contributed by atoms with E-state index in [1.165, 1.54) is 37.4 Å². The van der Waals surface area contributed by atoms with Crippen molar-refractivity contribution in [2.45, 2.75) is 44.8 Å². The maximum Gasteiger partial charge on any atom is 0.239 e. The molecule has 0 bridgehead atoms. The highest BCUT2D eigenvalue weighted by Crippen LogP contribution is 2.31. The first-order valence-corrected chi connectivity index (χ1v) is 11.8. The molecule has 0 saturated carbocycles. The lowest BCUT2D eigenvalue weighted by molar-refractivity contribution is 0.107. The summed E-state index contributed by atoms with van der Waals surface area (Å²) in [5.41, 5.74) is 1.98. The van der Waals surface area contributed by atoms with Gasteiger partial charge in [0.25, 0.3) is 0 Å². The summed E-state index contributed by atoms with van der Waals surface area (Å²) >= 11 is 0. The second-order valence-corrected chi connectivity index (χ2v) is 9.76. The number of rotatable bonds is 9. The smallest absolute Gasteiger partial charge is 0.239 e. The fourth-order valence-corrected chi connectivity index (χ4v) is 3.33. The third kappa shape index (κ3) is 6.56. The molecule has 0 aliphatic carbocycles. The van der Waals surface area contributed by atoms with E-state index >= 15 is 0 Å². The first-order valence-electron chi connectivity index (χ1n) is 9.97. The number of aliphatic hydroxyl groups excluding tert-OH is 2. The first kappa shape index (κ1) is 25.4. The van der Waals surface area contributed by atoms with Crippen molar-refractivity contribution in [2.24, 2.45) is 0 Å². The number of aliphatic hydroxyl groups is 2. The first-order chi connectivity index (χ1) is 14.9. The van der Waals surface area contributed by atoms with Gasteiger partial charge in [-0.05, 0) is 30.2 Å². The number of nitrogens with zero attached hydrogens (tertiary/aromatic N) is 4. The fraction of sp³-hybridized carbons (Fsp3) is 0.409. The third-order valence-corrected chi connectivity index (χ3v) is 5.89. The van der Waals surface area contributed by atoms with E-state index in [9.17, 15) is 23.0 Å². The molecule has 172 valence electrons. The van der Waals surface area contributed by atoms with Crippen LogP contribution in [0, 0.1) is 17.1 Å². The lowest BCUT2D eigenvalue weighted by Crippen LogP contribution is -2.27. The summed E-state index contributed by atoms with van der Waals surface area (Å²) in [4.78, 5) is 8.89. The van der Waals surface area contributed by atoms with Crippen LogP contribution in [0.2, 0.25) is 0 Å². The number of sulfonamides is 1. The normalized spacial score (nSPS) is 13.8. The summed E-state index contributed by atoms with van der Waals surface area (Å²) in [6.45, 7) is 3.76. The highest BCUT2D eigenvalue weighted by Gasteiger charge is 2.22. The van der Waals surface area contributed by atoms with Crippen molar-refractivity contribution in [1.29, 1.82) is 5.26 Å². The van der Waals surface area contributed by atoms with E-state index in [1.807, 2.05) is 19.9 Å². The molecule has 2 N–H and O–H groups in total. The lowest BCUT2D eigenvalue weighted by atomic mass is 9.97. The molecule has 2 aromatic rings. The van der Waals surface area contributed by atoms with Crippen molar-refractivity contribution in [2.75, 3.05) is 17.6 Å². The zero-order valence-electron chi connectivity index (χ0n) is 18.4. The summed E-state index contributed by atoms with van der Waals surface area (Å²) < 4.78 is 38.6. The molecular formula is C22H27FN4O4S. The number of nitriles is 1. The van der Waals surface area contributed by atoms with Crippen molar-refractivity contribution < 1.29 is 23.0 Å². The highest BCUT2D eigenvalue weighted by molar-refractivity contribution is 7.92. The quantitative estimate of drug-likeness (QED) is 0.586. The molecule has 0 spiro atoms. The summed E-state index contributed by atoms with van der Waals surface area (Å²) in [6, 6.07) is 7.44. The Kier molecular flexibility index (Phi) is 8.44. The van der Waals surface area contributed by atoms with E-state index < -0.39 is 28.0 Å². The molecule has 1 aromatic heterocycles. The molecule has 1 unspecified atom stereocenters. The number of aromatic nitrogens is 2. The molecular weight excluding hydrogens is 435 g/mol. The van der Waals surface area contributed by atoms with Crippen molar-refractivity contribution >= 4 is 22.0 Å². The molecule has 0 amide bonds. The maximum atomic E-state index is 13.5. The summed E-state index contributed by atoms with van der Waals surface area (Å²) in [5.74, 6) is -0.595. The van der Waals surface area contributed by atoms with Crippen LogP contribution in [0.5, 0.6) is 0 Å². The molecule has 8 nitrogen and oxygen atoms in total. The summed E-state index contributed by atoms with van der Waals surface area (Å²) in [7, 11) is -2.28. The van der Waals surface area contributed by atoms with E-state index in [0.29, 0.717) is 22.5 Å². The maximum absolute atomic E-state index is 13.5. The zero-order valence-corrected chi connectivity index (χ0v) is 19.2. The molecule has 0 radical (unpaired) electrons. The fourth-order valence-electron chi connectivity index (χ4n) is 2.95. The molecule has 0 aliphatic heterocycles. The van der Waals surface area contributed by atoms with Gasteiger partial charge in [0.05, 0.1) is 42.3 Å². The molecule has 0 aliphatic rings. The van der Waals surface area contributed by atoms with Crippen molar-refractivity contribution in [1.82, 2.24) is 9.97 Å². The topological polar surface area (TPSA) is 127 Å². The molecule has 32 heavy (non-hydrogen) atoms. The van der Waals surface area contributed by atoms with Gasteiger partial charge in [-0.25, -0.2) is 27.1 Å². The lowest BCUT2D eigenvalue weighted by Gasteiger charge is -2.20. The van der Waals surface area contributed by atoms with Crippen molar-refractivity contribution in [3.8, 4) is 17.3 Å². The van der Waals surface area contributed by atoms with Crippen LogP contribution in [0.4, 0.5) is 10.3 Å². The van der Waals surface area contributed by atoms with Gasteiger partial charge in [-0.3, -0.25) is 0 Å². The SMILES string of the molecule is CC(C)c1nc(N(C)S(C)(=O)=O)nc(-c2ccc(F)cc2)c1C=CC(O)C[C@@H](O)CC#N.